The number of hydrogen-bond donors (Lipinski definition) is 2. The molecule has 1 heterocycles. The summed E-state index contributed by atoms with van der Waals surface area (Å²) in [4.78, 5) is 0.0668. The van der Waals surface area contributed by atoms with E-state index < -0.39 is 10.0 Å². The van der Waals surface area contributed by atoms with Crippen molar-refractivity contribution in [1.82, 2.24) is 0 Å². The molecule has 0 aliphatic carbocycles. The third-order valence-corrected chi connectivity index (χ3v) is 4.47. The van der Waals surface area contributed by atoms with Gasteiger partial charge in [0.2, 0.25) is 10.0 Å². The van der Waals surface area contributed by atoms with E-state index in [1.165, 1.54) is 12.1 Å². The highest BCUT2D eigenvalue weighted by Crippen LogP contribution is 2.31. The van der Waals surface area contributed by atoms with E-state index >= 15 is 0 Å². The van der Waals surface area contributed by atoms with E-state index in [9.17, 15) is 8.42 Å². The van der Waals surface area contributed by atoms with Crippen molar-refractivity contribution in [2.45, 2.75) is 43.2 Å². The lowest BCUT2D eigenvalue weighted by atomic mass is 9.94. The van der Waals surface area contributed by atoms with Gasteiger partial charge in [-0.3, -0.25) is 0 Å². The zero-order chi connectivity index (χ0) is 15.7. The molecule has 0 amide bonds. The predicted octanol–water partition coefficient (Wildman–Crippen LogP) is 1.71. The van der Waals surface area contributed by atoms with Crippen molar-refractivity contribution in [3.05, 3.63) is 18.2 Å². The van der Waals surface area contributed by atoms with Gasteiger partial charge < -0.3 is 14.8 Å². The average molecular weight is 314 g/mol. The number of nitrogens with one attached hydrogen (secondary N) is 1. The molecule has 2 rings (SSSR count). The van der Waals surface area contributed by atoms with Crippen LogP contribution in [0, 0.1) is 0 Å². The van der Waals surface area contributed by atoms with Crippen LogP contribution in [0.5, 0.6) is 5.75 Å². The molecule has 0 spiro atoms. The van der Waals surface area contributed by atoms with Crippen LogP contribution in [0.4, 0.5) is 5.69 Å². The van der Waals surface area contributed by atoms with Crippen LogP contribution in [0.3, 0.4) is 0 Å². The van der Waals surface area contributed by atoms with E-state index in [2.05, 4.69) is 5.32 Å². The summed E-state index contributed by atoms with van der Waals surface area (Å²) in [5.74, 6) is 0.590. The van der Waals surface area contributed by atoms with Gasteiger partial charge in [-0.25, -0.2) is 13.6 Å². The van der Waals surface area contributed by atoms with Crippen LogP contribution >= 0.6 is 0 Å². The minimum atomic E-state index is -3.73. The van der Waals surface area contributed by atoms with Crippen molar-refractivity contribution in [3.8, 4) is 5.75 Å². The molecule has 3 N–H and O–H groups in total. The van der Waals surface area contributed by atoms with Gasteiger partial charge in [-0.05, 0) is 44.9 Å². The zero-order valence-corrected chi connectivity index (χ0v) is 13.4. The zero-order valence-electron chi connectivity index (χ0n) is 12.5. The number of primary sulfonamides is 1. The number of benzene rings is 1. The maximum atomic E-state index is 11.5. The van der Waals surface area contributed by atoms with Gasteiger partial charge in [0, 0.05) is 12.6 Å². The Morgan fingerprint density at radius 3 is 2.71 bits per heavy atom. The molecule has 0 aromatic heterocycles. The molecule has 1 atom stereocenters. The highest BCUT2D eigenvalue weighted by molar-refractivity contribution is 7.89. The molecule has 6 nitrogen and oxygen atoms in total. The Balaban J connectivity index is 2.25. The van der Waals surface area contributed by atoms with Crippen molar-refractivity contribution >= 4 is 15.7 Å². The molecule has 0 radical (unpaired) electrons. The van der Waals surface area contributed by atoms with Gasteiger partial charge in [0.25, 0.3) is 0 Å². The first-order valence-corrected chi connectivity index (χ1v) is 8.37. The quantitative estimate of drug-likeness (QED) is 0.883. The van der Waals surface area contributed by atoms with Gasteiger partial charge in [-0.2, -0.15) is 0 Å². The second-order valence-corrected chi connectivity index (χ2v) is 7.41. The molecule has 1 aliphatic heterocycles. The first-order valence-electron chi connectivity index (χ1n) is 6.83. The molecule has 1 aliphatic rings. The third kappa shape index (κ3) is 4.09. The summed E-state index contributed by atoms with van der Waals surface area (Å²) in [5.41, 5.74) is 0.437. The minimum Gasteiger partial charge on any atom is -0.495 e. The van der Waals surface area contributed by atoms with Crippen LogP contribution in [-0.2, 0) is 14.8 Å². The summed E-state index contributed by atoms with van der Waals surface area (Å²) in [6, 6.07) is 4.74. The molecule has 1 unspecified atom stereocenters. The number of methoxy groups -OCH3 is 1. The van der Waals surface area contributed by atoms with Crippen molar-refractivity contribution < 1.29 is 17.9 Å². The fraction of sp³-hybridized carbons (Fsp3) is 0.571. The molecule has 0 bridgehead atoms. The van der Waals surface area contributed by atoms with Crippen LogP contribution in [-0.4, -0.2) is 33.8 Å². The van der Waals surface area contributed by atoms with E-state index in [1.807, 2.05) is 13.8 Å². The number of anilines is 1. The number of sulfonamides is 1. The number of rotatable bonds is 4. The average Bonchev–Trinajstić information content (AvgIpc) is 2.36. The second-order valence-electron chi connectivity index (χ2n) is 5.85. The molecule has 7 heteroatoms. The summed E-state index contributed by atoms with van der Waals surface area (Å²) in [6.45, 7) is 4.75. The Hall–Kier alpha value is -1.31. The Labute approximate surface area is 125 Å². The Morgan fingerprint density at radius 1 is 1.43 bits per heavy atom. The fourth-order valence-electron chi connectivity index (χ4n) is 2.55. The second kappa shape index (κ2) is 5.82. The number of ether oxygens (including phenoxy) is 2. The molecular formula is C14H22N2O4S. The SMILES string of the molecule is COc1ccc(S(N)(=O)=O)cc1NC1CCOC(C)(C)C1. The maximum Gasteiger partial charge on any atom is 0.238 e. The largest absolute Gasteiger partial charge is 0.495 e. The normalized spacial score (nSPS) is 21.8. The molecule has 1 aromatic rings. The first-order chi connectivity index (χ1) is 9.71. The standard InChI is InChI=1S/C14H22N2O4S/c1-14(2)9-10(6-7-20-14)16-12-8-11(21(15,17)18)4-5-13(12)19-3/h4-5,8,10,16H,6-7,9H2,1-3H3,(H2,15,17,18). The van der Waals surface area contributed by atoms with Crippen LogP contribution < -0.4 is 15.2 Å². The minimum absolute atomic E-state index is 0.0668. The highest BCUT2D eigenvalue weighted by atomic mass is 32.2. The van der Waals surface area contributed by atoms with E-state index in [-0.39, 0.29) is 16.5 Å². The van der Waals surface area contributed by atoms with E-state index in [0.29, 0.717) is 18.0 Å². The van der Waals surface area contributed by atoms with Gasteiger partial charge in [0.05, 0.1) is 23.3 Å². The van der Waals surface area contributed by atoms with Crippen LogP contribution in [0.25, 0.3) is 0 Å². The lowest BCUT2D eigenvalue weighted by Gasteiger charge is -2.36. The van der Waals surface area contributed by atoms with Crippen molar-refractivity contribution in [3.63, 3.8) is 0 Å². The van der Waals surface area contributed by atoms with Crippen molar-refractivity contribution in [1.29, 1.82) is 0 Å². The fourth-order valence-corrected chi connectivity index (χ4v) is 3.09. The Kier molecular flexibility index (Phi) is 4.46. The lowest BCUT2D eigenvalue weighted by molar-refractivity contribution is -0.0553. The molecular weight excluding hydrogens is 292 g/mol. The summed E-state index contributed by atoms with van der Waals surface area (Å²) in [7, 11) is -2.19. The molecule has 1 fully saturated rings. The van der Waals surface area contributed by atoms with Gasteiger partial charge in [0.1, 0.15) is 5.75 Å². The molecule has 21 heavy (non-hydrogen) atoms. The highest BCUT2D eigenvalue weighted by Gasteiger charge is 2.29. The van der Waals surface area contributed by atoms with Crippen LogP contribution in [0.2, 0.25) is 0 Å². The van der Waals surface area contributed by atoms with Crippen LogP contribution in [0.15, 0.2) is 23.1 Å². The predicted molar refractivity (Wildman–Crippen MR) is 81.0 cm³/mol. The molecule has 1 saturated heterocycles. The van der Waals surface area contributed by atoms with E-state index in [0.717, 1.165) is 12.8 Å². The van der Waals surface area contributed by atoms with Crippen molar-refractivity contribution in [2.75, 3.05) is 19.0 Å². The summed E-state index contributed by atoms with van der Waals surface area (Å²) >= 11 is 0. The summed E-state index contributed by atoms with van der Waals surface area (Å²) < 4.78 is 33.9. The third-order valence-electron chi connectivity index (χ3n) is 3.56. The van der Waals surface area contributed by atoms with Gasteiger partial charge in [0.15, 0.2) is 0 Å². The Bertz CT molecular complexity index is 613. The van der Waals surface area contributed by atoms with Gasteiger partial charge in [-0.1, -0.05) is 0 Å². The number of hydrogen-bond acceptors (Lipinski definition) is 5. The van der Waals surface area contributed by atoms with Gasteiger partial charge in [-0.15, -0.1) is 0 Å². The van der Waals surface area contributed by atoms with Crippen LogP contribution in [0.1, 0.15) is 26.7 Å². The first kappa shape index (κ1) is 16.1. The smallest absolute Gasteiger partial charge is 0.238 e. The molecule has 118 valence electrons. The topological polar surface area (TPSA) is 90.7 Å². The summed E-state index contributed by atoms with van der Waals surface area (Å²) in [5, 5.41) is 8.52. The molecule has 1 aromatic carbocycles. The Morgan fingerprint density at radius 2 is 2.14 bits per heavy atom. The van der Waals surface area contributed by atoms with E-state index in [1.54, 1.807) is 13.2 Å². The maximum absolute atomic E-state index is 11.5. The van der Waals surface area contributed by atoms with Gasteiger partial charge >= 0.3 is 0 Å². The lowest BCUT2D eigenvalue weighted by Crippen LogP contribution is -2.40. The number of nitrogens with two attached hydrogens (primary N) is 1. The van der Waals surface area contributed by atoms with E-state index in [4.69, 9.17) is 14.6 Å². The summed E-state index contributed by atoms with van der Waals surface area (Å²) in [6.07, 6.45) is 1.68. The monoisotopic (exact) mass is 314 g/mol. The van der Waals surface area contributed by atoms with Crippen molar-refractivity contribution in [2.24, 2.45) is 5.14 Å². The molecule has 0 saturated carbocycles.